The number of carboxylic acids is 1. The minimum absolute atomic E-state index is 0.0871. The van der Waals surface area contributed by atoms with Crippen LogP contribution in [0.3, 0.4) is 0 Å². The monoisotopic (exact) mass is 669 g/mol. The van der Waals surface area contributed by atoms with Gasteiger partial charge >= 0.3 is 5.97 Å². The highest BCUT2D eigenvalue weighted by molar-refractivity contribution is 5.95. The fraction of sp³-hybridized carbons (Fsp3) is 0.679. The molecule has 0 unspecified atom stereocenters. The molecule has 6 atom stereocenters. The Morgan fingerprint density at radius 1 is 0.766 bits per heavy atom. The number of aliphatic carboxylic acids is 1. The molecule has 0 spiro atoms. The lowest BCUT2D eigenvalue weighted by molar-refractivity contribution is -0.142. The molecule has 1 aliphatic heterocycles. The van der Waals surface area contributed by atoms with Gasteiger partial charge in [-0.05, 0) is 45.1 Å². The summed E-state index contributed by atoms with van der Waals surface area (Å²) in [6.45, 7) is 4.25. The van der Waals surface area contributed by atoms with Crippen molar-refractivity contribution in [3.63, 3.8) is 0 Å². The molecule has 0 saturated carbocycles. The van der Waals surface area contributed by atoms with Crippen molar-refractivity contribution in [3.8, 4) is 0 Å². The van der Waals surface area contributed by atoms with Crippen molar-refractivity contribution in [2.45, 2.75) is 95.9 Å². The molecular weight excluding hydrogens is 622 g/mol. The maximum absolute atomic E-state index is 13.0. The van der Waals surface area contributed by atoms with E-state index < -0.39 is 102 Å². The minimum Gasteiger partial charge on any atom is -0.480 e. The highest BCUT2D eigenvalue weighted by atomic mass is 16.4. The molecule has 19 heteroatoms. The van der Waals surface area contributed by atoms with Gasteiger partial charge in [-0.2, -0.15) is 0 Å². The zero-order valence-corrected chi connectivity index (χ0v) is 26.8. The van der Waals surface area contributed by atoms with E-state index in [-0.39, 0.29) is 25.7 Å². The SMILES string of the molecule is CC[C@H](C)[C@H](NC(=O)CNC(=O)[C@H](CCC(N)=O)NC(=O)[C@@H]1CCCN1)C(=O)N[C@@H](C)C(=O)NCC(=O)N[C@@H](CCC(N)=O)C(=O)O. The predicted molar refractivity (Wildman–Crippen MR) is 164 cm³/mol. The number of carboxylic acid groups (broad SMARTS) is 1. The third-order valence-electron chi connectivity index (χ3n) is 7.41. The van der Waals surface area contributed by atoms with Crippen LogP contribution in [0.25, 0.3) is 0 Å². The summed E-state index contributed by atoms with van der Waals surface area (Å²) >= 11 is 0. The third kappa shape index (κ3) is 15.4. The van der Waals surface area contributed by atoms with Crippen molar-refractivity contribution in [2.24, 2.45) is 17.4 Å². The first kappa shape index (κ1) is 40.2. The van der Waals surface area contributed by atoms with Crippen molar-refractivity contribution < 1.29 is 48.3 Å². The Hall–Kier alpha value is -4.81. The summed E-state index contributed by atoms with van der Waals surface area (Å²) in [6, 6.07) is -5.31. The topological polar surface area (TPSA) is 310 Å². The second-order valence-corrected chi connectivity index (χ2v) is 11.3. The lowest BCUT2D eigenvalue weighted by Crippen LogP contribution is -2.57. The van der Waals surface area contributed by atoms with Crippen LogP contribution in [0.4, 0.5) is 0 Å². The largest absolute Gasteiger partial charge is 0.480 e. The van der Waals surface area contributed by atoms with Gasteiger partial charge in [-0.25, -0.2) is 4.79 Å². The maximum Gasteiger partial charge on any atom is 0.326 e. The van der Waals surface area contributed by atoms with Crippen molar-refractivity contribution in [3.05, 3.63) is 0 Å². The Labute approximate surface area is 271 Å². The Kier molecular flexibility index (Phi) is 17.4. The number of hydrogen-bond donors (Lipinski definition) is 10. The highest BCUT2D eigenvalue weighted by Crippen LogP contribution is 2.09. The number of primary amides is 2. The fourth-order valence-electron chi connectivity index (χ4n) is 4.43. The van der Waals surface area contributed by atoms with Gasteiger partial charge in [0.05, 0.1) is 19.1 Å². The first-order chi connectivity index (χ1) is 22.0. The molecule has 12 N–H and O–H groups in total. The first-order valence-corrected chi connectivity index (χ1v) is 15.3. The molecule has 264 valence electrons. The van der Waals surface area contributed by atoms with E-state index in [1.807, 2.05) is 0 Å². The molecule has 0 radical (unpaired) electrons. The van der Waals surface area contributed by atoms with E-state index in [0.717, 1.165) is 6.42 Å². The number of nitrogens with two attached hydrogens (primary N) is 2. The second kappa shape index (κ2) is 20.3. The molecular formula is C28H47N9O10. The number of carbonyl (C=O) groups excluding carboxylic acids is 8. The van der Waals surface area contributed by atoms with Crippen LogP contribution in [0.2, 0.25) is 0 Å². The van der Waals surface area contributed by atoms with Crippen LogP contribution < -0.4 is 48.7 Å². The summed E-state index contributed by atoms with van der Waals surface area (Å²) < 4.78 is 0. The van der Waals surface area contributed by atoms with Crippen LogP contribution in [0.15, 0.2) is 0 Å². The van der Waals surface area contributed by atoms with Crippen LogP contribution in [0.5, 0.6) is 0 Å². The van der Waals surface area contributed by atoms with Gasteiger partial charge in [0.2, 0.25) is 47.3 Å². The first-order valence-electron chi connectivity index (χ1n) is 15.3. The van der Waals surface area contributed by atoms with Crippen molar-refractivity contribution in [2.75, 3.05) is 19.6 Å². The smallest absolute Gasteiger partial charge is 0.326 e. The van der Waals surface area contributed by atoms with Crippen LogP contribution in [0, 0.1) is 5.92 Å². The average Bonchev–Trinajstić information content (AvgIpc) is 3.56. The number of nitrogens with one attached hydrogen (secondary N) is 7. The van der Waals surface area contributed by atoms with Gasteiger partial charge in [-0.15, -0.1) is 0 Å². The quantitative estimate of drug-likeness (QED) is 0.0556. The number of carbonyl (C=O) groups is 9. The summed E-state index contributed by atoms with van der Waals surface area (Å²) in [7, 11) is 0. The molecule has 0 aromatic heterocycles. The van der Waals surface area contributed by atoms with Crippen molar-refractivity contribution >= 4 is 53.2 Å². The molecule has 1 heterocycles. The van der Waals surface area contributed by atoms with E-state index in [1.165, 1.54) is 6.92 Å². The Morgan fingerprint density at radius 3 is 1.83 bits per heavy atom. The van der Waals surface area contributed by atoms with Gasteiger partial charge < -0.3 is 53.8 Å². The molecule has 8 amide bonds. The molecule has 1 rings (SSSR count). The molecule has 1 fully saturated rings. The fourth-order valence-corrected chi connectivity index (χ4v) is 4.43. The zero-order chi connectivity index (χ0) is 35.7. The van der Waals surface area contributed by atoms with E-state index in [4.69, 9.17) is 11.5 Å². The van der Waals surface area contributed by atoms with E-state index in [1.54, 1.807) is 13.8 Å². The maximum atomic E-state index is 13.0. The van der Waals surface area contributed by atoms with Gasteiger partial charge in [-0.1, -0.05) is 20.3 Å². The normalized spacial score (nSPS) is 17.0. The van der Waals surface area contributed by atoms with Gasteiger partial charge in [0.15, 0.2) is 0 Å². The molecule has 1 saturated heterocycles. The summed E-state index contributed by atoms with van der Waals surface area (Å²) in [5, 5.41) is 26.5. The van der Waals surface area contributed by atoms with Crippen LogP contribution in [-0.4, -0.2) is 108 Å². The molecule has 1 aliphatic rings. The third-order valence-corrected chi connectivity index (χ3v) is 7.41. The molecule has 0 aromatic rings. The van der Waals surface area contributed by atoms with Crippen molar-refractivity contribution in [1.29, 1.82) is 0 Å². The zero-order valence-electron chi connectivity index (χ0n) is 26.8. The standard InChI is InChI=1S/C28H47N9O10/c1-4-14(2)23(27(45)34-15(3)24(42)32-12-21(40)35-18(28(46)47)8-10-20(30)39)37-22(41)13-33-25(43)17(7-9-19(29)38)36-26(44)16-6-5-11-31-16/h14-18,23,31H,4-13H2,1-3H3,(H2,29,38)(H2,30,39)(H,32,42)(H,33,43)(H,34,45)(H,35,40)(H,36,44)(H,37,41)(H,46,47)/t14-,15-,16-,17-,18-,23-/m0/s1. The molecule has 0 aromatic carbocycles. The number of hydrogen-bond acceptors (Lipinski definition) is 10. The average molecular weight is 670 g/mol. The van der Waals surface area contributed by atoms with Gasteiger partial charge in [0.1, 0.15) is 24.2 Å². The van der Waals surface area contributed by atoms with Crippen LogP contribution in [-0.2, 0) is 43.2 Å². The summed E-state index contributed by atoms with van der Waals surface area (Å²) in [5.41, 5.74) is 10.2. The summed E-state index contributed by atoms with van der Waals surface area (Å²) in [6.07, 6.45) is 1.03. The van der Waals surface area contributed by atoms with Crippen LogP contribution in [0.1, 0.15) is 65.7 Å². The summed E-state index contributed by atoms with van der Waals surface area (Å²) in [5.74, 6) is -7.48. The van der Waals surface area contributed by atoms with E-state index in [2.05, 4.69) is 37.2 Å². The minimum atomic E-state index is -1.40. The van der Waals surface area contributed by atoms with Crippen molar-refractivity contribution in [1.82, 2.24) is 37.2 Å². The van der Waals surface area contributed by atoms with E-state index in [0.29, 0.717) is 19.4 Å². The molecule has 47 heavy (non-hydrogen) atoms. The Balaban J connectivity index is 2.71. The molecule has 0 bridgehead atoms. The Morgan fingerprint density at radius 2 is 1.32 bits per heavy atom. The van der Waals surface area contributed by atoms with Gasteiger partial charge in [0, 0.05) is 12.8 Å². The molecule has 19 nitrogen and oxygen atoms in total. The van der Waals surface area contributed by atoms with Gasteiger partial charge in [-0.3, -0.25) is 38.4 Å². The number of amides is 8. The Bertz CT molecular complexity index is 1180. The van der Waals surface area contributed by atoms with Gasteiger partial charge in [0.25, 0.3) is 0 Å². The highest BCUT2D eigenvalue weighted by Gasteiger charge is 2.30. The predicted octanol–water partition coefficient (Wildman–Crippen LogP) is -4.41. The van der Waals surface area contributed by atoms with E-state index in [9.17, 15) is 48.3 Å². The van der Waals surface area contributed by atoms with E-state index >= 15 is 0 Å². The number of rotatable bonds is 21. The lowest BCUT2D eigenvalue weighted by atomic mass is 9.98. The second-order valence-electron chi connectivity index (χ2n) is 11.3. The summed E-state index contributed by atoms with van der Waals surface area (Å²) in [4.78, 5) is 109. The molecule has 0 aliphatic carbocycles. The lowest BCUT2D eigenvalue weighted by Gasteiger charge is -2.25. The van der Waals surface area contributed by atoms with Crippen LogP contribution >= 0.6 is 0 Å².